The third kappa shape index (κ3) is 4.17. The molecular weight excluding hydrogens is 318 g/mol. The van der Waals surface area contributed by atoms with Crippen molar-refractivity contribution < 1.29 is 23.1 Å². The molecule has 6 nitrogen and oxygen atoms in total. The third-order valence-electron chi connectivity index (χ3n) is 3.84. The van der Waals surface area contributed by atoms with E-state index in [1.54, 1.807) is 0 Å². The summed E-state index contributed by atoms with van der Waals surface area (Å²) < 4.78 is 27.1. The van der Waals surface area contributed by atoms with Gasteiger partial charge in [-0.05, 0) is 48.9 Å². The van der Waals surface area contributed by atoms with E-state index in [4.69, 9.17) is 0 Å². The van der Waals surface area contributed by atoms with Crippen LogP contribution >= 0.6 is 0 Å². The van der Waals surface area contributed by atoms with Crippen molar-refractivity contribution in [1.82, 2.24) is 4.72 Å². The molecule has 0 saturated carbocycles. The summed E-state index contributed by atoms with van der Waals surface area (Å²) in [6.07, 6.45) is 2.04. The summed E-state index contributed by atoms with van der Waals surface area (Å²) in [5.41, 5.74) is 1.27. The van der Waals surface area contributed by atoms with Gasteiger partial charge in [-0.2, -0.15) is 4.72 Å². The number of carbonyl (C=O) groups excluding carboxylic acids is 1. The van der Waals surface area contributed by atoms with E-state index in [-0.39, 0.29) is 23.0 Å². The molecule has 126 valence electrons. The van der Waals surface area contributed by atoms with Crippen LogP contribution < -0.4 is 4.72 Å². The Kier molecular flexibility index (Phi) is 5.21. The molecule has 1 aliphatic rings. The Morgan fingerprint density at radius 1 is 1.30 bits per heavy atom. The highest BCUT2D eigenvalue weighted by Gasteiger charge is 2.27. The lowest BCUT2D eigenvalue weighted by Crippen LogP contribution is -2.41. The second-order valence-corrected chi connectivity index (χ2v) is 7.95. The van der Waals surface area contributed by atoms with E-state index in [2.05, 4.69) is 4.72 Å². The molecule has 1 aromatic carbocycles. The van der Waals surface area contributed by atoms with Crippen LogP contribution in [-0.4, -0.2) is 31.3 Å². The number of carboxylic acid groups (broad SMARTS) is 1. The molecule has 0 heterocycles. The van der Waals surface area contributed by atoms with E-state index in [0.717, 1.165) is 0 Å². The van der Waals surface area contributed by atoms with Crippen molar-refractivity contribution in [3.63, 3.8) is 0 Å². The summed E-state index contributed by atoms with van der Waals surface area (Å²) in [7, 11) is -3.94. The summed E-state index contributed by atoms with van der Waals surface area (Å²) in [5.74, 6) is -1.14. The molecule has 0 amide bonds. The molecule has 0 aliphatic heterocycles. The predicted octanol–water partition coefficient (Wildman–Crippen LogP) is 1.98. The Bertz CT molecular complexity index is 724. The van der Waals surface area contributed by atoms with Crippen LogP contribution in [-0.2, 0) is 21.2 Å². The second kappa shape index (κ2) is 6.80. The van der Waals surface area contributed by atoms with Crippen molar-refractivity contribution >= 4 is 21.8 Å². The van der Waals surface area contributed by atoms with Crippen LogP contribution in [0.25, 0.3) is 0 Å². The normalized spacial score (nSPS) is 16.2. The smallest absolute Gasteiger partial charge is 0.321 e. The van der Waals surface area contributed by atoms with Gasteiger partial charge in [0, 0.05) is 12.0 Å². The highest BCUT2D eigenvalue weighted by Crippen LogP contribution is 2.24. The molecule has 7 heteroatoms. The highest BCUT2D eigenvalue weighted by molar-refractivity contribution is 7.89. The molecule has 0 unspecified atom stereocenters. The minimum atomic E-state index is -3.94. The van der Waals surface area contributed by atoms with Crippen molar-refractivity contribution in [3.8, 4) is 0 Å². The molecule has 0 spiro atoms. The Labute approximate surface area is 136 Å². The summed E-state index contributed by atoms with van der Waals surface area (Å²) >= 11 is 0. The van der Waals surface area contributed by atoms with Crippen LogP contribution in [0.1, 0.15) is 49.0 Å². The molecule has 0 saturated heterocycles. The number of fused-ring (bicyclic) bond motifs is 1. The molecule has 1 aliphatic carbocycles. The number of rotatable bonds is 6. The van der Waals surface area contributed by atoms with Gasteiger partial charge in [-0.15, -0.1) is 0 Å². The predicted molar refractivity (Wildman–Crippen MR) is 84.9 cm³/mol. The second-order valence-electron chi connectivity index (χ2n) is 6.24. The first-order valence-corrected chi connectivity index (χ1v) is 9.10. The Morgan fingerprint density at radius 2 is 2.00 bits per heavy atom. The van der Waals surface area contributed by atoms with Gasteiger partial charge in [0.05, 0.1) is 4.90 Å². The van der Waals surface area contributed by atoms with Crippen molar-refractivity contribution in [3.05, 3.63) is 29.3 Å². The first-order chi connectivity index (χ1) is 10.7. The molecule has 2 rings (SSSR count). The summed E-state index contributed by atoms with van der Waals surface area (Å²) in [6.45, 7) is 3.66. The number of ketones is 1. The van der Waals surface area contributed by atoms with E-state index >= 15 is 0 Å². The SMILES string of the molecule is CC(C)C[C@H](NS(=O)(=O)c1ccc2c(c1)CCCC2=O)C(=O)O. The lowest BCUT2D eigenvalue weighted by atomic mass is 9.91. The summed E-state index contributed by atoms with van der Waals surface area (Å²) in [4.78, 5) is 23.0. The van der Waals surface area contributed by atoms with E-state index < -0.39 is 22.0 Å². The van der Waals surface area contributed by atoms with Crippen molar-refractivity contribution in [1.29, 1.82) is 0 Å². The highest BCUT2D eigenvalue weighted by atomic mass is 32.2. The molecule has 1 aromatic rings. The molecule has 0 fully saturated rings. The molecule has 23 heavy (non-hydrogen) atoms. The number of sulfonamides is 1. The number of Topliss-reactive ketones (excluding diaryl/α,β-unsaturated/α-hetero) is 1. The largest absolute Gasteiger partial charge is 0.480 e. The van der Waals surface area contributed by atoms with Gasteiger partial charge in [0.2, 0.25) is 10.0 Å². The third-order valence-corrected chi connectivity index (χ3v) is 5.31. The number of aryl methyl sites for hydroxylation is 1. The first-order valence-electron chi connectivity index (χ1n) is 7.62. The number of carbonyl (C=O) groups is 2. The van der Waals surface area contributed by atoms with Crippen LogP contribution in [0.3, 0.4) is 0 Å². The van der Waals surface area contributed by atoms with Crippen molar-refractivity contribution in [2.24, 2.45) is 5.92 Å². The quantitative estimate of drug-likeness (QED) is 0.825. The molecule has 1 atom stereocenters. The van der Waals surface area contributed by atoms with Crippen LogP contribution in [0, 0.1) is 5.92 Å². The Morgan fingerprint density at radius 3 is 2.61 bits per heavy atom. The van der Waals surface area contributed by atoms with Crippen LogP contribution in [0.4, 0.5) is 0 Å². The van der Waals surface area contributed by atoms with E-state index in [1.165, 1.54) is 18.2 Å². The zero-order valence-corrected chi connectivity index (χ0v) is 14.0. The zero-order valence-electron chi connectivity index (χ0n) is 13.2. The standard InChI is InChI=1S/C16H21NO5S/c1-10(2)8-14(16(19)20)17-23(21,22)12-6-7-13-11(9-12)4-3-5-15(13)18/h6-7,9-10,14,17H,3-5,8H2,1-2H3,(H,19,20)/t14-/m0/s1. The molecule has 0 bridgehead atoms. The number of benzene rings is 1. The number of aliphatic carboxylic acids is 1. The van der Waals surface area contributed by atoms with Crippen molar-refractivity contribution in [2.45, 2.75) is 50.5 Å². The topological polar surface area (TPSA) is 101 Å². The maximum absolute atomic E-state index is 12.4. The number of carboxylic acids is 1. The van der Waals surface area contributed by atoms with Crippen molar-refractivity contribution in [2.75, 3.05) is 0 Å². The van der Waals surface area contributed by atoms with Crippen LogP contribution in [0.15, 0.2) is 23.1 Å². The van der Waals surface area contributed by atoms with E-state index in [9.17, 15) is 23.1 Å². The lowest BCUT2D eigenvalue weighted by Gasteiger charge is -2.19. The van der Waals surface area contributed by atoms with E-state index in [1.807, 2.05) is 13.8 Å². The fourth-order valence-corrected chi connectivity index (χ4v) is 3.97. The first kappa shape index (κ1) is 17.6. The molecule has 0 aromatic heterocycles. The minimum Gasteiger partial charge on any atom is -0.480 e. The van der Waals surface area contributed by atoms with Gasteiger partial charge in [-0.3, -0.25) is 9.59 Å². The maximum atomic E-state index is 12.4. The van der Waals surface area contributed by atoms with Gasteiger partial charge in [-0.1, -0.05) is 13.8 Å². The van der Waals surface area contributed by atoms with Gasteiger partial charge < -0.3 is 5.11 Å². The lowest BCUT2D eigenvalue weighted by molar-refractivity contribution is -0.139. The number of hydrogen-bond donors (Lipinski definition) is 2. The monoisotopic (exact) mass is 339 g/mol. The average Bonchev–Trinajstić information content (AvgIpc) is 2.45. The average molecular weight is 339 g/mol. The number of hydrogen-bond acceptors (Lipinski definition) is 4. The minimum absolute atomic E-state index is 0.000885. The fraction of sp³-hybridized carbons (Fsp3) is 0.500. The Balaban J connectivity index is 2.29. The fourth-order valence-electron chi connectivity index (χ4n) is 2.72. The molecular formula is C16H21NO5S. The van der Waals surface area contributed by atoms with Gasteiger partial charge in [0.15, 0.2) is 5.78 Å². The Hall–Kier alpha value is -1.73. The maximum Gasteiger partial charge on any atom is 0.321 e. The van der Waals surface area contributed by atoms with Gasteiger partial charge in [0.1, 0.15) is 6.04 Å². The van der Waals surface area contributed by atoms with E-state index in [0.29, 0.717) is 30.4 Å². The van der Waals surface area contributed by atoms with Gasteiger partial charge in [-0.25, -0.2) is 8.42 Å². The van der Waals surface area contributed by atoms with Crippen LogP contribution in [0.5, 0.6) is 0 Å². The van der Waals surface area contributed by atoms with Crippen LogP contribution in [0.2, 0.25) is 0 Å². The molecule has 0 radical (unpaired) electrons. The zero-order chi connectivity index (χ0) is 17.2. The summed E-state index contributed by atoms with van der Waals surface area (Å²) in [5, 5.41) is 9.19. The molecule has 2 N–H and O–H groups in total. The summed E-state index contributed by atoms with van der Waals surface area (Å²) in [6, 6.07) is 3.18. The number of nitrogens with one attached hydrogen (secondary N) is 1. The van der Waals surface area contributed by atoms with Gasteiger partial charge >= 0.3 is 5.97 Å². The van der Waals surface area contributed by atoms with Gasteiger partial charge in [0.25, 0.3) is 0 Å².